The van der Waals surface area contributed by atoms with Crippen molar-refractivity contribution in [1.29, 1.82) is 0 Å². The van der Waals surface area contributed by atoms with E-state index in [1.807, 2.05) is 0 Å². The van der Waals surface area contributed by atoms with Gasteiger partial charge in [0.2, 0.25) is 0 Å². The van der Waals surface area contributed by atoms with Crippen LogP contribution in [0.25, 0.3) is 87.6 Å². The molecule has 0 amide bonds. The summed E-state index contributed by atoms with van der Waals surface area (Å²) in [6.07, 6.45) is 0. The number of rotatable bonds is 3. The predicted octanol–water partition coefficient (Wildman–Crippen LogP) is 13.6. The van der Waals surface area contributed by atoms with Gasteiger partial charge in [-0.05, 0) is 123 Å². The molecule has 0 atom stereocenters. The summed E-state index contributed by atoms with van der Waals surface area (Å²) in [5, 5.41) is 10.3. The lowest BCUT2D eigenvalue weighted by Gasteiger charge is -2.22. The predicted molar refractivity (Wildman–Crippen MR) is 210 cm³/mol. The van der Waals surface area contributed by atoms with Crippen LogP contribution in [-0.4, -0.2) is 0 Å². The summed E-state index contributed by atoms with van der Waals surface area (Å²) in [5.41, 5.74) is 13.0. The maximum Gasteiger partial charge on any atom is 0.0159 e. The number of fused-ring (bicyclic) bond motifs is 7. The zero-order chi connectivity index (χ0) is 32.7. The lowest BCUT2D eigenvalue weighted by atomic mass is 9.81. The molecule has 0 saturated heterocycles. The van der Waals surface area contributed by atoms with Crippen LogP contribution < -0.4 is 0 Å². The number of hydrogen-bond donors (Lipinski definition) is 0. The molecule has 0 spiro atoms. The standard InChI is InChI=1S/C49H34/c1-49(2)45-26-25-36(29-43(45)44-28-32-14-3-4-15-33(32)30-46(44)49)48-41-22-9-7-20-39(41)47(40-21-8-10-23-42(40)48)35-18-11-17-34(27-35)38-24-12-16-31-13-5-6-19-37(31)38/h3-30H,1-2H3. The van der Waals surface area contributed by atoms with Gasteiger partial charge in [-0.25, -0.2) is 0 Å². The quantitative estimate of drug-likeness (QED) is 0.172. The number of benzene rings is 9. The second-order valence-corrected chi connectivity index (χ2v) is 14.1. The van der Waals surface area contributed by atoms with E-state index in [0.717, 1.165) is 0 Å². The first kappa shape index (κ1) is 28.1. The SMILES string of the molecule is CC1(C)c2ccc(-c3c4ccccc4c(-c4cccc(-c5cccc6ccccc56)c4)c4ccccc34)cc2-c2cc3ccccc3cc21. The minimum Gasteiger partial charge on any atom is -0.0616 e. The van der Waals surface area contributed by atoms with Gasteiger partial charge < -0.3 is 0 Å². The third kappa shape index (κ3) is 4.17. The molecule has 0 radical (unpaired) electrons. The van der Waals surface area contributed by atoms with Gasteiger partial charge in [-0.1, -0.05) is 159 Å². The van der Waals surface area contributed by atoms with Gasteiger partial charge in [0.15, 0.2) is 0 Å². The maximum atomic E-state index is 2.46. The Morgan fingerprint density at radius 2 is 0.796 bits per heavy atom. The van der Waals surface area contributed by atoms with Gasteiger partial charge in [0, 0.05) is 5.41 Å². The van der Waals surface area contributed by atoms with Crippen LogP contribution in [0.15, 0.2) is 170 Å². The first-order valence-corrected chi connectivity index (χ1v) is 17.3. The monoisotopic (exact) mass is 622 g/mol. The fourth-order valence-electron chi connectivity index (χ4n) is 8.66. The summed E-state index contributed by atoms with van der Waals surface area (Å²) in [5.74, 6) is 0. The highest BCUT2D eigenvalue weighted by atomic mass is 14.4. The summed E-state index contributed by atoms with van der Waals surface area (Å²) < 4.78 is 0. The van der Waals surface area contributed by atoms with E-state index in [1.165, 1.54) is 98.7 Å². The van der Waals surface area contributed by atoms with Crippen molar-refractivity contribution in [3.8, 4) is 44.5 Å². The van der Waals surface area contributed by atoms with E-state index in [9.17, 15) is 0 Å². The van der Waals surface area contributed by atoms with Crippen LogP contribution in [0.1, 0.15) is 25.0 Å². The fraction of sp³-hybridized carbons (Fsp3) is 0.0612. The van der Waals surface area contributed by atoms with Crippen LogP contribution in [0.5, 0.6) is 0 Å². The summed E-state index contributed by atoms with van der Waals surface area (Å²) in [6.45, 7) is 4.75. The van der Waals surface area contributed by atoms with Gasteiger partial charge in [-0.3, -0.25) is 0 Å². The average Bonchev–Trinajstić information content (AvgIpc) is 3.37. The normalized spacial score (nSPS) is 13.3. The Morgan fingerprint density at radius 3 is 1.47 bits per heavy atom. The van der Waals surface area contributed by atoms with Gasteiger partial charge in [0.05, 0.1) is 0 Å². The maximum absolute atomic E-state index is 2.46. The molecule has 10 rings (SSSR count). The molecule has 0 bridgehead atoms. The largest absolute Gasteiger partial charge is 0.0616 e. The Bertz CT molecular complexity index is 2730. The Morgan fingerprint density at radius 1 is 0.306 bits per heavy atom. The van der Waals surface area contributed by atoms with E-state index in [1.54, 1.807) is 0 Å². The topological polar surface area (TPSA) is 0 Å². The van der Waals surface area contributed by atoms with E-state index in [0.29, 0.717) is 0 Å². The Balaban J connectivity index is 1.21. The molecule has 0 unspecified atom stereocenters. The van der Waals surface area contributed by atoms with Crippen LogP contribution in [0.3, 0.4) is 0 Å². The lowest BCUT2D eigenvalue weighted by Crippen LogP contribution is -2.14. The van der Waals surface area contributed by atoms with Crippen molar-refractivity contribution in [2.24, 2.45) is 0 Å². The van der Waals surface area contributed by atoms with Crippen molar-refractivity contribution in [1.82, 2.24) is 0 Å². The average molecular weight is 623 g/mol. The Labute approximate surface area is 286 Å². The third-order valence-electron chi connectivity index (χ3n) is 11.0. The highest BCUT2D eigenvalue weighted by Gasteiger charge is 2.36. The van der Waals surface area contributed by atoms with E-state index in [4.69, 9.17) is 0 Å². The fourth-order valence-corrected chi connectivity index (χ4v) is 8.66. The van der Waals surface area contributed by atoms with Gasteiger partial charge in [-0.15, -0.1) is 0 Å². The van der Waals surface area contributed by atoms with E-state index in [2.05, 4.69) is 184 Å². The first-order valence-electron chi connectivity index (χ1n) is 17.3. The van der Waals surface area contributed by atoms with Crippen molar-refractivity contribution >= 4 is 43.1 Å². The lowest BCUT2D eigenvalue weighted by molar-refractivity contribution is 0.661. The molecule has 0 aromatic heterocycles. The molecule has 0 nitrogen and oxygen atoms in total. The number of hydrogen-bond acceptors (Lipinski definition) is 0. The zero-order valence-electron chi connectivity index (χ0n) is 27.7. The second-order valence-electron chi connectivity index (χ2n) is 14.1. The molecule has 0 heteroatoms. The summed E-state index contributed by atoms with van der Waals surface area (Å²) in [4.78, 5) is 0. The highest BCUT2D eigenvalue weighted by molar-refractivity contribution is 6.21. The molecule has 0 aliphatic heterocycles. The van der Waals surface area contributed by atoms with Gasteiger partial charge in [0.1, 0.15) is 0 Å². The molecule has 49 heavy (non-hydrogen) atoms. The van der Waals surface area contributed by atoms with Gasteiger partial charge in [0.25, 0.3) is 0 Å². The molecule has 9 aromatic carbocycles. The highest BCUT2D eigenvalue weighted by Crippen LogP contribution is 2.52. The van der Waals surface area contributed by atoms with Gasteiger partial charge >= 0.3 is 0 Å². The molecule has 1 aliphatic rings. The summed E-state index contributed by atoms with van der Waals surface area (Å²) in [6, 6.07) is 63.2. The summed E-state index contributed by atoms with van der Waals surface area (Å²) >= 11 is 0. The zero-order valence-corrected chi connectivity index (χ0v) is 27.7. The Hall–Kier alpha value is -5.98. The van der Waals surface area contributed by atoms with Gasteiger partial charge in [-0.2, -0.15) is 0 Å². The van der Waals surface area contributed by atoms with Crippen molar-refractivity contribution < 1.29 is 0 Å². The van der Waals surface area contributed by atoms with Crippen LogP contribution in [0.2, 0.25) is 0 Å². The second kappa shape index (κ2) is 10.5. The van der Waals surface area contributed by atoms with Crippen LogP contribution in [0, 0.1) is 0 Å². The minimum atomic E-state index is -0.0592. The minimum absolute atomic E-state index is 0.0592. The molecular formula is C49H34. The molecule has 9 aromatic rings. The van der Waals surface area contributed by atoms with E-state index >= 15 is 0 Å². The molecular weight excluding hydrogens is 589 g/mol. The van der Waals surface area contributed by atoms with Crippen LogP contribution in [0.4, 0.5) is 0 Å². The first-order chi connectivity index (χ1) is 24.1. The third-order valence-corrected chi connectivity index (χ3v) is 11.0. The smallest absolute Gasteiger partial charge is 0.0159 e. The molecule has 0 fully saturated rings. The van der Waals surface area contributed by atoms with Crippen LogP contribution in [-0.2, 0) is 5.41 Å². The van der Waals surface area contributed by atoms with Crippen LogP contribution >= 0.6 is 0 Å². The van der Waals surface area contributed by atoms with Crippen molar-refractivity contribution in [2.45, 2.75) is 19.3 Å². The molecule has 0 saturated carbocycles. The van der Waals surface area contributed by atoms with E-state index < -0.39 is 0 Å². The van der Waals surface area contributed by atoms with E-state index in [-0.39, 0.29) is 5.41 Å². The van der Waals surface area contributed by atoms with Crippen molar-refractivity contribution in [2.75, 3.05) is 0 Å². The molecule has 230 valence electrons. The Kier molecular flexibility index (Phi) is 6.02. The van der Waals surface area contributed by atoms with Crippen molar-refractivity contribution in [3.05, 3.63) is 181 Å². The molecule has 0 N–H and O–H groups in total. The summed E-state index contributed by atoms with van der Waals surface area (Å²) in [7, 11) is 0. The molecule has 1 aliphatic carbocycles. The molecule has 0 heterocycles. The van der Waals surface area contributed by atoms with Crippen molar-refractivity contribution in [3.63, 3.8) is 0 Å².